The molecular formula is C13H24N2O3. The van der Waals surface area contributed by atoms with Crippen LogP contribution in [0.15, 0.2) is 0 Å². The van der Waals surface area contributed by atoms with Gasteiger partial charge in [-0.2, -0.15) is 0 Å². The first-order valence-corrected chi connectivity index (χ1v) is 6.64. The number of nitrogens with one attached hydrogen (secondary N) is 1. The SMILES string of the molecule is CC(C)CC(N)C(=O)NC1(CC(=O)O)CCCC1. The molecule has 0 spiro atoms. The van der Waals surface area contributed by atoms with Crippen molar-refractivity contribution in [3.8, 4) is 0 Å². The molecule has 4 N–H and O–H groups in total. The summed E-state index contributed by atoms with van der Waals surface area (Å²) < 4.78 is 0. The third-order valence-corrected chi connectivity index (χ3v) is 3.50. The third-order valence-electron chi connectivity index (χ3n) is 3.50. The van der Waals surface area contributed by atoms with Gasteiger partial charge in [-0.3, -0.25) is 9.59 Å². The van der Waals surface area contributed by atoms with Gasteiger partial charge in [-0.25, -0.2) is 0 Å². The van der Waals surface area contributed by atoms with E-state index in [4.69, 9.17) is 10.8 Å². The lowest BCUT2D eigenvalue weighted by Crippen LogP contribution is -2.53. The minimum absolute atomic E-state index is 0.00681. The number of nitrogens with two attached hydrogens (primary N) is 1. The average Bonchev–Trinajstić information content (AvgIpc) is 2.63. The Morgan fingerprint density at radius 1 is 1.33 bits per heavy atom. The highest BCUT2D eigenvalue weighted by molar-refractivity contribution is 5.83. The van der Waals surface area contributed by atoms with Crippen LogP contribution in [0.4, 0.5) is 0 Å². The van der Waals surface area contributed by atoms with E-state index in [-0.39, 0.29) is 12.3 Å². The summed E-state index contributed by atoms with van der Waals surface area (Å²) >= 11 is 0. The largest absolute Gasteiger partial charge is 0.481 e. The molecule has 1 atom stereocenters. The summed E-state index contributed by atoms with van der Waals surface area (Å²) in [6.45, 7) is 4.02. The maximum Gasteiger partial charge on any atom is 0.305 e. The predicted molar refractivity (Wildman–Crippen MR) is 69.0 cm³/mol. The first-order chi connectivity index (χ1) is 8.34. The van der Waals surface area contributed by atoms with Gasteiger partial charge in [-0.1, -0.05) is 26.7 Å². The Morgan fingerprint density at radius 3 is 2.33 bits per heavy atom. The molecule has 0 saturated heterocycles. The quantitative estimate of drug-likeness (QED) is 0.667. The predicted octanol–water partition coefficient (Wildman–Crippen LogP) is 1.26. The molecule has 104 valence electrons. The molecule has 0 aliphatic heterocycles. The van der Waals surface area contributed by atoms with Crippen LogP contribution in [0.5, 0.6) is 0 Å². The number of carbonyl (C=O) groups is 2. The van der Waals surface area contributed by atoms with Crippen molar-refractivity contribution in [3.63, 3.8) is 0 Å². The van der Waals surface area contributed by atoms with Crippen LogP contribution in [0.1, 0.15) is 52.4 Å². The van der Waals surface area contributed by atoms with Crippen molar-refractivity contribution in [1.82, 2.24) is 5.32 Å². The molecule has 0 bridgehead atoms. The zero-order chi connectivity index (χ0) is 13.8. The molecule has 1 unspecified atom stereocenters. The lowest BCUT2D eigenvalue weighted by Gasteiger charge is -2.30. The summed E-state index contributed by atoms with van der Waals surface area (Å²) in [7, 11) is 0. The lowest BCUT2D eigenvalue weighted by atomic mass is 9.92. The fraction of sp³-hybridized carbons (Fsp3) is 0.846. The van der Waals surface area contributed by atoms with E-state index in [1.165, 1.54) is 0 Å². The van der Waals surface area contributed by atoms with Crippen LogP contribution in [-0.4, -0.2) is 28.6 Å². The number of carboxylic acid groups (broad SMARTS) is 1. The second-order valence-corrected chi connectivity index (χ2v) is 5.78. The molecule has 0 aromatic carbocycles. The summed E-state index contributed by atoms with van der Waals surface area (Å²) in [5, 5.41) is 11.8. The number of carbonyl (C=O) groups excluding carboxylic acids is 1. The molecule has 1 fully saturated rings. The molecular weight excluding hydrogens is 232 g/mol. The highest BCUT2D eigenvalue weighted by Gasteiger charge is 2.38. The Balaban J connectivity index is 2.61. The van der Waals surface area contributed by atoms with E-state index in [9.17, 15) is 9.59 Å². The second kappa shape index (κ2) is 6.18. The third kappa shape index (κ3) is 4.29. The molecule has 5 heteroatoms. The van der Waals surface area contributed by atoms with Gasteiger partial charge < -0.3 is 16.2 Å². The van der Waals surface area contributed by atoms with Gasteiger partial charge in [0.15, 0.2) is 0 Å². The van der Waals surface area contributed by atoms with Crippen LogP contribution in [0.3, 0.4) is 0 Å². The van der Waals surface area contributed by atoms with Crippen molar-refractivity contribution in [2.75, 3.05) is 0 Å². The van der Waals surface area contributed by atoms with Gasteiger partial charge in [0, 0.05) is 0 Å². The van der Waals surface area contributed by atoms with E-state index in [0.717, 1.165) is 25.7 Å². The van der Waals surface area contributed by atoms with Crippen molar-refractivity contribution in [2.24, 2.45) is 11.7 Å². The molecule has 1 aliphatic rings. The van der Waals surface area contributed by atoms with Gasteiger partial charge in [0.2, 0.25) is 5.91 Å². The zero-order valence-corrected chi connectivity index (χ0v) is 11.2. The van der Waals surface area contributed by atoms with Gasteiger partial charge in [0.05, 0.1) is 18.0 Å². The highest BCUT2D eigenvalue weighted by atomic mass is 16.4. The average molecular weight is 256 g/mol. The first-order valence-electron chi connectivity index (χ1n) is 6.64. The summed E-state index contributed by atoms with van der Waals surface area (Å²) in [4.78, 5) is 22.9. The zero-order valence-electron chi connectivity index (χ0n) is 11.2. The summed E-state index contributed by atoms with van der Waals surface area (Å²) in [5.41, 5.74) is 5.25. The van der Waals surface area contributed by atoms with Crippen molar-refractivity contribution >= 4 is 11.9 Å². The number of amides is 1. The fourth-order valence-corrected chi connectivity index (χ4v) is 2.66. The Hall–Kier alpha value is -1.10. The van der Waals surface area contributed by atoms with Gasteiger partial charge in [0.25, 0.3) is 0 Å². The molecule has 0 heterocycles. The summed E-state index contributed by atoms with van der Waals surface area (Å²) in [6, 6.07) is -0.545. The van der Waals surface area contributed by atoms with Gasteiger partial charge in [-0.15, -0.1) is 0 Å². The van der Waals surface area contributed by atoms with E-state index in [2.05, 4.69) is 5.32 Å². The Morgan fingerprint density at radius 2 is 1.89 bits per heavy atom. The van der Waals surface area contributed by atoms with Crippen molar-refractivity contribution in [3.05, 3.63) is 0 Å². The van der Waals surface area contributed by atoms with Crippen LogP contribution in [0.25, 0.3) is 0 Å². The highest BCUT2D eigenvalue weighted by Crippen LogP contribution is 2.32. The van der Waals surface area contributed by atoms with Crippen LogP contribution < -0.4 is 11.1 Å². The minimum atomic E-state index is -0.866. The van der Waals surface area contributed by atoms with Gasteiger partial charge >= 0.3 is 5.97 Å². The van der Waals surface area contributed by atoms with Crippen LogP contribution in [0.2, 0.25) is 0 Å². The maximum atomic E-state index is 12.0. The molecule has 0 aromatic rings. The molecule has 1 saturated carbocycles. The Kier molecular flexibility index (Phi) is 5.14. The second-order valence-electron chi connectivity index (χ2n) is 5.78. The summed E-state index contributed by atoms with van der Waals surface area (Å²) in [5.74, 6) is -0.730. The number of hydrogen-bond donors (Lipinski definition) is 3. The van der Waals surface area contributed by atoms with Crippen LogP contribution in [-0.2, 0) is 9.59 Å². The summed E-state index contributed by atoms with van der Waals surface area (Å²) in [6.07, 6.45) is 4.01. The molecule has 0 radical (unpaired) electrons. The smallest absolute Gasteiger partial charge is 0.305 e. The first kappa shape index (κ1) is 15.0. The molecule has 1 rings (SSSR count). The van der Waals surface area contributed by atoms with Crippen molar-refractivity contribution in [1.29, 1.82) is 0 Å². The maximum absolute atomic E-state index is 12.0. The van der Waals surface area contributed by atoms with E-state index < -0.39 is 17.6 Å². The number of rotatable bonds is 6. The van der Waals surface area contributed by atoms with Crippen molar-refractivity contribution in [2.45, 2.75) is 64.0 Å². The molecule has 1 amide bonds. The van der Waals surface area contributed by atoms with Crippen LogP contribution >= 0.6 is 0 Å². The minimum Gasteiger partial charge on any atom is -0.481 e. The van der Waals surface area contributed by atoms with Crippen LogP contribution in [0, 0.1) is 5.92 Å². The van der Waals surface area contributed by atoms with E-state index in [1.807, 2.05) is 13.8 Å². The van der Waals surface area contributed by atoms with E-state index >= 15 is 0 Å². The standard InChI is InChI=1S/C13H24N2O3/c1-9(2)7-10(14)12(18)15-13(8-11(16)17)5-3-4-6-13/h9-10H,3-8,14H2,1-2H3,(H,15,18)(H,16,17). The fourth-order valence-electron chi connectivity index (χ4n) is 2.66. The van der Waals surface area contributed by atoms with Crippen molar-refractivity contribution < 1.29 is 14.7 Å². The Bertz CT molecular complexity index is 309. The Labute approximate surface area is 108 Å². The van der Waals surface area contributed by atoms with Gasteiger partial charge in [0.1, 0.15) is 0 Å². The number of hydrogen-bond acceptors (Lipinski definition) is 3. The normalized spacial score (nSPS) is 19.8. The topological polar surface area (TPSA) is 92.4 Å². The van der Waals surface area contributed by atoms with E-state index in [1.54, 1.807) is 0 Å². The number of carboxylic acids is 1. The van der Waals surface area contributed by atoms with E-state index in [0.29, 0.717) is 12.3 Å². The van der Waals surface area contributed by atoms with Gasteiger partial charge in [-0.05, 0) is 25.2 Å². The molecule has 18 heavy (non-hydrogen) atoms. The molecule has 5 nitrogen and oxygen atoms in total. The lowest BCUT2D eigenvalue weighted by molar-refractivity contribution is -0.139. The molecule has 1 aliphatic carbocycles. The number of aliphatic carboxylic acids is 1. The molecule has 0 aromatic heterocycles. The monoisotopic (exact) mass is 256 g/mol.